The van der Waals surface area contributed by atoms with E-state index in [1.165, 1.54) is 0 Å². The summed E-state index contributed by atoms with van der Waals surface area (Å²) in [5.74, 6) is 0.210. The Bertz CT molecular complexity index is 1140. The molecule has 1 atom stereocenters. The third kappa shape index (κ3) is 8.36. The molecule has 1 heterocycles. The quantitative estimate of drug-likeness (QED) is 0.151. The summed E-state index contributed by atoms with van der Waals surface area (Å²) in [4.78, 5) is 15.5. The molecule has 2 aromatic carbocycles. The molecular formula is C27H40N6O3S. The summed E-state index contributed by atoms with van der Waals surface area (Å²) in [7, 11) is -3.95. The maximum atomic E-state index is 13.6. The normalized spacial score (nSPS) is 15.5. The lowest BCUT2D eigenvalue weighted by atomic mass is 9.93. The van der Waals surface area contributed by atoms with Gasteiger partial charge in [0.05, 0.1) is 4.90 Å². The number of nitrogens with one attached hydrogen (secondary N) is 2. The van der Waals surface area contributed by atoms with Crippen molar-refractivity contribution in [2.24, 2.45) is 23.1 Å². The predicted octanol–water partition coefficient (Wildman–Crippen LogP) is 1.73. The summed E-state index contributed by atoms with van der Waals surface area (Å²) in [6, 6.07) is 12.9. The molecule has 1 fully saturated rings. The lowest BCUT2D eigenvalue weighted by Crippen LogP contribution is -2.51. The highest BCUT2D eigenvalue weighted by molar-refractivity contribution is 7.89. The van der Waals surface area contributed by atoms with Crippen LogP contribution in [0.4, 0.5) is 0 Å². The molecule has 0 spiro atoms. The number of rotatable bonds is 13. The molecule has 37 heavy (non-hydrogen) atoms. The maximum Gasteiger partial charge on any atom is 0.241 e. The van der Waals surface area contributed by atoms with Crippen LogP contribution in [-0.4, -0.2) is 57.3 Å². The zero-order valence-electron chi connectivity index (χ0n) is 21.4. The predicted molar refractivity (Wildman–Crippen MR) is 147 cm³/mol. The molecule has 1 aliphatic rings. The van der Waals surface area contributed by atoms with Crippen LogP contribution in [0.1, 0.15) is 48.8 Å². The van der Waals surface area contributed by atoms with Crippen molar-refractivity contribution >= 4 is 21.8 Å². The topological polar surface area (TPSA) is 168 Å². The summed E-state index contributed by atoms with van der Waals surface area (Å²) in [5.41, 5.74) is 19.1. The molecule has 0 bridgehead atoms. The first-order chi connectivity index (χ1) is 17.7. The summed E-state index contributed by atoms with van der Waals surface area (Å²) < 4.78 is 29.5. The van der Waals surface area contributed by atoms with Gasteiger partial charge in [-0.15, -0.1) is 0 Å². The molecule has 0 aliphatic carbocycles. The second-order valence-electron chi connectivity index (χ2n) is 9.73. The first-order valence-electron chi connectivity index (χ1n) is 13.0. The van der Waals surface area contributed by atoms with Crippen molar-refractivity contribution in [1.29, 1.82) is 5.41 Å². The van der Waals surface area contributed by atoms with E-state index in [0.29, 0.717) is 37.7 Å². The van der Waals surface area contributed by atoms with Crippen LogP contribution in [0.3, 0.4) is 0 Å². The molecular weight excluding hydrogens is 488 g/mol. The van der Waals surface area contributed by atoms with Gasteiger partial charge in [-0.3, -0.25) is 10.2 Å². The second kappa shape index (κ2) is 13.7. The minimum atomic E-state index is -3.95. The molecule has 202 valence electrons. The molecule has 10 heteroatoms. The molecule has 2 aromatic rings. The van der Waals surface area contributed by atoms with Crippen LogP contribution in [0.25, 0.3) is 0 Å². The highest BCUT2D eigenvalue weighted by atomic mass is 32.2. The van der Waals surface area contributed by atoms with Crippen LogP contribution < -0.4 is 21.9 Å². The molecule has 0 saturated carbocycles. The van der Waals surface area contributed by atoms with Gasteiger partial charge in [0.25, 0.3) is 0 Å². The van der Waals surface area contributed by atoms with Gasteiger partial charge in [-0.2, -0.15) is 4.72 Å². The second-order valence-corrected chi connectivity index (χ2v) is 11.4. The number of amides is 1. The number of amidine groups is 1. The summed E-state index contributed by atoms with van der Waals surface area (Å²) in [6.45, 7) is 2.39. The number of likely N-dealkylation sites (tertiary alicyclic amines) is 1. The zero-order valence-corrected chi connectivity index (χ0v) is 22.2. The number of carbonyl (C=O) groups excluding carboxylic acids is 1. The molecule has 1 aliphatic heterocycles. The Balaban J connectivity index is 1.81. The third-order valence-corrected chi connectivity index (χ3v) is 8.40. The van der Waals surface area contributed by atoms with Crippen molar-refractivity contribution < 1.29 is 13.2 Å². The van der Waals surface area contributed by atoms with Gasteiger partial charge >= 0.3 is 0 Å². The average molecular weight is 529 g/mol. The maximum absolute atomic E-state index is 13.6. The number of piperidine rings is 1. The van der Waals surface area contributed by atoms with E-state index < -0.39 is 16.1 Å². The first-order valence-corrected chi connectivity index (χ1v) is 14.5. The average Bonchev–Trinajstić information content (AvgIpc) is 2.89. The molecule has 3 rings (SSSR count). The largest absolute Gasteiger partial charge is 0.384 e. The van der Waals surface area contributed by atoms with Gasteiger partial charge in [-0.05, 0) is 87.2 Å². The van der Waals surface area contributed by atoms with Crippen molar-refractivity contribution in [3.05, 3.63) is 65.2 Å². The molecule has 1 saturated heterocycles. The fourth-order valence-electron chi connectivity index (χ4n) is 4.73. The SMILES string of the molecule is N=C(N)c1ccc(C[C@H](NS(=O)(=O)c2cccc(CCCCN)c2)C(=O)N2CCC(CCN)CC2)cc1. The molecule has 0 unspecified atom stereocenters. The number of hydrogen-bond donors (Lipinski definition) is 5. The van der Waals surface area contributed by atoms with Gasteiger partial charge in [0.15, 0.2) is 0 Å². The number of benzene rings is 2. The molecule has 8 N–H and O–H groups in total. The van der Waals surface area contributed by atoms with Gasteiger partial charge in [0.1, 0.15) is 11.9 Å². The number of hydrogen-bond acceptors (Lipinski definition) is 6. The minimum Gasteiger partial charge on any atom is -0.384 e. The summed E-state index contributed by atoms with van der Waals surface area (Å²) in [5, 5.41) is 7.59. The van der Waals surface area contributed by atoms with Gasteiger partial charge in [0, 0.05) is 18.7 Å². The zero-order chi connectivity index (χ0) is 26.8. The highest BCUT2D eigenvalue weighted by Crippen LogP contribution is 2.22. The van der Waals surface area contributed by atoms with E-state index in [0.717, 1.165) is 49.7 Å². The highest BCUT2D eigenvalue weighted by Gasteiger charge is 2.31. The summed E-state index contributed by atoms with van der Waals surface area (Å²) in [6.07, 6.45) is 5.34. The number of carbonyl (C=O) groups is 1. The number of unbranched alkanes of at least 4 members (excludes halogenated alkanes) is 1. The fraction of sp³-hybridized carbons (Fsp3) is 0.481. The Labute approximate surface area is 220 Å². The Morgan fingerprint density at radius 3 is 2.35 bits per heavy atom. The van der Waals surface area contributed by atoms with E-state index in [1.807, 2.05) is 6.07 Å². The lowest BCUT2D eigenvalue weighted by molar-refractivity contribution is -0.134. The van der Waals surface area contributed by atoms with Gasteiger partial charge in [0.2, 0.25) is 15.9 Å². The van der Waals surface area contributed by atoms with E-state index in [-0.39, 0.29) is 23.1 Å². The van der Waals surface area contributed by atoms with Crippen molar-refractivity contribution in [1.82, 2.24) is 9.62 Å². The lowest BCUT2D eigenvalue weighted by Gasteiger charge is -2.34. The Morgan fingerprint density at radius 2 is 1.73 bits per heavy atom. The standard InChI is InChI=1S/C27H40N6O3S/c28-14-2-1-4-21-5-3-6-24(18-21)37(35,36)32-25(19-22-7-9-23(10-8-22)26(30)31)27(34)33-16-12-20(11-15-29)13-17-33/h3,5-10,18,20,25,32H,1-2,4,11-17,19,28-29H2,(H3,30,31)/t25-/m0/s1. The smallest absolute Gasteiger partial charge is 0.241 e. The van der Waals surface area contributed by atoms with E-state index in [9.17, 15) is 13.2 Å². The Kier molecular flexibility index (Phi) is 10.6. The van der Waals surface area contributed by atoms with Crippen LogP contribution >= 0.6 is 0 Å². The number of nitrogens with two attached hydrogens (primary N) is 3. The van der Waals surface area contributed by atoms with E-state index in [2.05, 4.69) is 4.72 Å². The monoisotopic (exact) mass is 528 g/mol. The molecule has 0 aromatic heterocycles. The number of nitrogen functional groups attached to an aromatic ring is 1. The minimum absolute atomic E-state index is 0.0495. The molecule has 0 radical (unpaired) electrons. The van der Waals surface area contributed by atoms with Crippen molar-refractivity contribution in [2.45, 2.75) is 55.9 Å². The Hall–Kier alpha value is -2.79. The number of aryl methyl sites for hydroxylation is 1. The van der Waals surface area contributed by atoms with E-state index in [4.69, 9.17) is 22.6 Å². The van der Waals surface area contributed by atoms with Gasteiger partial charge in [-0.1, -0.05) is 36.4 Å². The van der Waals surface area contributed by atoms with Crippen LogP contribution in [0.15, 0.2) is 53.4 Å². The van der Waals surface area contributed by atoms with Crippen molar-refractivity contribution in [3.63, 3.8) is 0 Å². The van der Waals surface area contributed by atoms with Crippen LogP contribution in [0.5, 0.6) is 0 Å². The molecule has 1 amide bonds. The Morgan fingerprint density at radius 1 is 1.03 bits per heavy atom. The van der Waals surface area contributed by atoms with Gasteiger partial charge in [-0.25, -0.2) is 8.42 Å². The third-order valence-electron chi connectivity index (χ3n) is 6.93. The fourth-order valence-corrected chi connectivity index (χ4v) is 5.99. The van der Waals surface area contributed by atoms with Crippen molar-refractivity contribution in [2.75, 3.05) is 26.2 Å². The van der Waals surface area contributed by atoms with E-state index >= 15 is 0 Å². The number of nitrogens with zero attached hydrogens (tertiary/aromatic N) is 1. The van der Waals surface area contributed by atoms with Gasteiger partial charge < -0.3 is 22.1 Å². The van der Waals surface area contributed by atoms with Crippen LogP contribution in [0.2, 0.25) is 0 Å². The van der Waals surface area contributed by atoms with E-state index in [1.54, 1.807) is 47.4 Å². The van der Waals surface area contributed by atoms with Crippen molar-refractivity contribution in [3.8, 4) is 0 Å². The summed E-state index contributed by atoms with van der Waals surface area (Å²) >= 11 is 0. The molecule has 9 nitrogen and oxygen atoms in total. The number of sulfonamides is 1. The van der Waals surface area contributed by atoms with Crippen LogP contribution in [-0.2, 0) is 27.7 Å². The first kappa shape index (κ1) is 28.8. The van der Waals surface area contributed by atoms with Crippen LogP contribution in [0, 0.1) is 11.3 Å².